The van der Waals surface area contributed by atoms with Gasteiger partial charge in [-0.2, -0.15) is 0 Å². The van der Waals surface area contributed by atoms with E-state index in [1.54, 1.807) is 11.8 Å². The molecule has 7 nitrogen and oxygen atoms in total. The summed E-state index contributed by atoms with van der Waals surface area (Å²) in [6.07, 6.45) is -0.435. The van der Waals surface area contributed by atoms with Crippen molar-refractivity contribution < 1.29 is 9.53 Å². The highest BCUT2D eigenvalue weighted by Gasteiger charge is 2.28. The van der Waals surface area contributed by atoms with Gasteiger partial charge in [0.1, 0.15) is 17.6 Å². The Morgan fingerprint density at radius 1 is 1.28 bits per heavy atom. The number of aryl methyl sites for hydroxylation is 1. The fourth-order valence-corrected chi connectivity index (χ4v) is 3.11. The first-order chi connectivity index (χ1) is 12.1. The van der Waals surface area contributed by atoms with Crippen LogP contribution in [-0.2, 0) is 4.74 Å². The van der Waals surface area contributed by atoms with Crippen LogP contribution in [0.1, 0.15) is 28.1 Å². The molecule has 128 valence electrons. The average molecular weight is 338 g/mol. The molecular weight excluding hydrogens is 320 g/mol. The Bertz CT molecular complexity index is 958. The molecule has 0 saturated carbocycles. The molecule has 1 aromatic carbocycles. The van der Waals surface area contributed by atoms with E-state index in [9.17, 15) is 9.59 Å². The Labute approximate surface area is 143 Å². The van der Waals surface area contributed by atoms with Crippen molar-refractivity contribution in [2.45, 2.75) is 13.0 Å². The van der Waals surface area contributed by atoms with Crippen LogP contribution in [0.4, 0.5) is 0 Å². The first-order valence-electron chi connectivity index (χ1n) is 8.16. The molecule has 1 unspecified atom stereocenters. The third-order valence-corrected chi connectivity index (χ3v) is 4.31. The SMILES string of the molecule is Cc1cc(=O)[nH]c(C2CN(C(=O)c3cc4ccccc4[nH]3)CCO2)n1. The molecule has 1 amide bonds. The van der Waals surface area contributed by atoms with E-state index in [2.05, 4.69) is 15.0 Å². The number of hydrogen-bond acceptors (Lipinski definition) is 4. The van der Waals surface area contributed by atoms with Gasteiger partial charge in [-0.3, -0.25) is 9.59 Å². The van der Waals surface area contributed by atoms with E-state index < -0.39 is 6.10 Å². The summed E-state index contributed by atoms with van der Waals surface area (Å²) >= 11 is 0. The fraction of sp³-hybridized carbons (Fsp3) is 0.278. The number of aromatic amines is 2. The lowest BCUT2D eigenvalue weighted by molar-refractivity contribution is -0.0271. The minimum Gasteiger partial charge on any atom is -0.367 e. The number of benzene rings is 1. The molecule has 1 aliphatic heterocycles. The van der Waals surface area contributed by atoms with E-state index in [0.29, 0.717) is 36.9 Å². The topological polar surface area (TPSA) is 91.1 Å². The van der Waals surface area contributed by atoms with Crippen LogP contribution in [0.2, 0.25) is 0 Å². The predicted octanol–water partition coefficient (Wildman–Crippen LogP) is 1.77. The van der Waals surface area contributed by atoms with Gasteiger partial charge in [0.15, 0.2) is 0 Å². The van der Waals surface area contributed by atoms with Gasteiger partial charge in [-0.25, -0.2) is 4.98 Å². The molecule has 3 aromatic rings. The smallest absolute Gasteiger partial charge is 0.270 e. The number of fused-ring (bicyclic) bond motifs is 1. The van der Waals surface area contributed by atoms with Crippen molar-refractivity contribution in [3.05, 3.63) is 64.0 Å². The van der Waals surface area contributed by atoms with Crippen LogP contribution in [0.25, 0.3) is 10.9 Å². The third kappa shape index (κ3) is 3.06. The number of H-pyrrole nitrogens is 2. The van der Waals surface area contributed by atoms with E-state index in [1.165, 1.54) is 6.07 Å². The molecule has 1 saturated heterocycles. The quantitative estimate of drug-likeness (QED) is 0.745. The fourth-order valence-electron chi connectivity index (χ4n) is 3.11. The van der Waals surface area contributed by atoms with Gasteiger partial charge in [-0.1, -0.05) is 18.2 Å². The van der Waals surface area contributed by atoms with Crippen molar-refractivity contribution in [1.29, 1.82) is 0 Å². The maximum absolute atomic E-state index is 12.8. The number of para-hydroxylation sites is 1. The van der Waals surface area contributed by atoms with Gasteiger partial charge in [0.2, 0.25) is 0 Å². The summed E-state index contributed by atoms with van der Waals surface area (Å²) in [6, 6.07) is 11.1. The van der Waals surface area contributed by atoms with Gasteiger partial charge in [0.05, 0.1) is 13.2 Å². The number of morpholine rings is 1. The van der Waals surface area contributed by atoms with Gasteiger partial charge in [0.25, 0.3) is 11.5 Å². The van der Waals surface area contributed by atoms with Crippen LogP contribution in [0, 0.1) is 6.92 Å². The predicted molar refractivity (Wildman–Crippen MR) is 92.5 cm³/mol. The number of carbonyl (C=O) groups excluding carboxylic acids is 1. The molecule has 0 aliphatic carbocycles. The first-order valence-corrected chi connectivity index (χ1v) is 8.16. The van der Waals surface area contributed by atoms with Crippen molar-refractivity contribution in [2.24, 2.45) is 0 Å². The molecule has 1 aliphatic rings. The summed E-state index contributed by atoms with van der Waals surface area (Å²) < 4.78 is 5.71. The molecule has 3 heterocycles. The minimum atomic E-state index is -0.435. The summed E-state index contributed by atoms with van der Waals surface area (Å²) in [5.41, 5.74) is 1.89. The van der Waals surface area contributed by atoms with Crippen molar-refractivity contribution in [2.75, 3.05) is 19.7 Å². The lowest BCUT2D eigenvalue weighted by Crippen LogP contribution is -2.43. The first kappa shape index (κ1) is 15.6. The highest BCUT2D eigenvalue weighted by Crippen LogP contribution is 2.21. The van der Waals surface area contributed by atoms with E-state index in [0.717, 1.165) is 10.9 Å². The van der Waals surface area contributed by atoms with Crippen LogP contribution in [0.3, 0.4) is 0 Å². The van der Waals surface area contributed by atoms with Crippen LogP contribution in [0.5, 0.6) is 0 Å². The van der Waals surface area contributed by atoms with E-state index in [1.807, 2.05) is 30.3 Å². The number of aromatic nitrogens is 3. The number of carbonyl (C=O) groups is 1. The van der Waals surface area contributed by atoms with Gasteiger partial charge < -0.3 is 19.6 Å². The number of amides is 1. The van der Waals surface area contributed by atoms with Crippen LogP contribution in [0.15, 0.2) is 41.2 Å². The van der Waals surface area contributed by atoms with E-state index >= 15 is 0 Å². The molecule has 0 bridgehead atoms. The average Bonchev–Trinajstić information content (AvgIpc) is 3.04. The van der Waals surface area contributed by atoms with Gasteiger partial charge in [0, 0.05) is 29.2 Å². The third-order valence-electron chi connectivity index (χ3n) is 4.31. The van der Waals surface area contributed by atoms with Crippen molar-refractivity contribution in [3.63, 3.8) is 0 Å². The van der Waals surface area contributed by atoms with E-state index in [-0.39, 0.29) is 11.5 Å². The standard InChI is InChI=1S/C18H18N4O3/c1-11-8-16(23)21-17(19-11)15-10-22(6-7-25-15)18(24)14-9-12-4-2-3-5-13(12)20-14/h2-5,8-9,15,20H,6-7,10H2,1H3,(H,19,21,23). The second-order valence-electron chi connectivity index (χ2n) is 6.15. The normalized spacial score (nSPS) is 17.8. The zero-order valence-electron chi connectivity index (χ0n) is 13.8. The zero-order chi connectivity index (χ0) is 17.4. The molecule has 2 N–H and O–H groups in total. The highest BCUT2D eigenvalue weighted by molar-refractivity contribution is 5.98. The molecule has 4 rings (SSSR count). The largest absolute Gasteiger partial charge is 0.367 e. The van der Waals surface area contributed by atoms with Crippen molar-refractivity contribution in [1.82, 2.24) is 19.9 Å². The van der Waals surface area contributed by atoms with Crippen LogP contribution < -0.4 is 5.56 Å². The lowest BCUT2D eigenvalue weighted by Gasteiger charge is -2.32. The summed E-state index contributed by atoms with van der Waals surface area (Å²) in [4.78, 5) is 36.4. The Hall–Kier alpha value is -2.93. The minimum absolute atomic E-state index is 0.0838. The van der Waals surface area contributed by atoms with Crippen molar-refractivity contribution in [3.8, 4) is 0 Å². The van der Waals surface area contributed by atoms with Crippen molar-refractivity contribution >= 4 is 16.8 Å². The number of nitrogens with zero attached hydrogens (tertiary/aromatic N) is 2. The number of ether oxygens (including phenoxy) is 1. The molecule has 25 heavy (non-hydrogen) atoms. The number of rotatable bonds is 2. The highest BCUT2D eigenvalue weighted by atomic mass is 16.5. The van der Waals surface area contributed by atoms with E-state index in [4.69, 9.17) is 4.74 Å². The van der Waals surface area contributed by atoms with Crippen LogP contribution in [-0.4, -0.2) is 45.5 Å². The maximum Gasteiger partial charge on any atom is 0.270 e. The molecule has 0 radical (unpaired) electrons. The molecule has 1 fully saturated rings. The van der Waals surface area contributed by atoms with Crippen LogP contribution >= 0.6 is 0 Å². The Morgan fingerprint density at radius 2 is 2.12 bits per heavy atom. The number of nitrogens with one attached hydrogen (secondary N) is 2. The zero-order valence-corrected chi connectivity index (χ0v) is 13.8. The summed E-state index contributed by atoms with van der Waals surface area (Å²) in [7, 11) is 0. The monoisotopic (exact) mass is 338 g/mol. The molecular formula is C18H18N4O3. The van der Waals surface area contributed by atoms with Gasteiger partial charge >= 0.3 is 0 Å². The summed E-state index contributed by atoms with van der Waals surface area (Å²) in [5, 5.41) is 1.00. The maximum atomic E-state index is 12.8. The second kappa shape index (κ2) is 6.18. The Balaban J connectivity index is 1.58. The van der Waals surface area contributed by atoms with Gasteiger partial charge in [-0.05, 0) is 19.1 Å². The molecule has 1 atom stereocenters. The Kier molecular flexibility index (Phi) is 3.85. The molecule has 0 spiro atoms. The number of hydrogen-bond donors (Lipinski definition) is 2. The Morgan fingerprint density at radius 3 is 2.92 bits per heavy atom. The van der Waals surface area contributed by atoms with Gasteiger partial charge in [-0.15, -0.1) is 0 Å². The molecule has 7 heteroatoms. The second-order valence-corrected chi connectivity index (χ2v) is 6.15. The lowest BCUT2D eigenvalue weighted by atomic mass is 10.2. The summed E-state index contributed by atoms with van der Waals surface area (Å²) in [6.45, 7) is 3.00. The summed E-state index contributed by atoms with van der Waals surface area (Å²) in [5.74, 6) is 0.374. The molecule has 2 aromatic heterocycles.